The molecule has 0 radical (unpaired) electrons. The molecular formula is C18H21ClO5. The average Bonchev–Trinajstić information content (AvgIpc) is 2.52. The number of rotatable bonds is 8. The first-order chi connectivity index (χ1) is 11.1. The number of aliphatic carboxylic acids is 1. The van der Waals surface area contributed by atoms with Gasteiger partial charge >= 0.3 is 5.97 Å². The molecule has 0 atom stereocenters. The smallest absolute Gasteiger partial charge is 0.330 e. The number of carbonyl (C=O) groups is 2. The first kappa shape index (κ1) is 20.1. The van der Waals surface area contributed by atoms with Crippen molar-refractivity contribution in [3.05, 3.63) is 58.7 Å². The second-order valence-corrected chi connectivity index (χ2v) is 5.97. The highest BCUT2D eigenvalue weighted by Gasteiger charge is 2.33. The van der Waals surface area contributed by atoms with E-state index in [1.165, 1.54) is 12.1 Å². The number of halogens is 1. The molecular weight excluding hydrogens is 332 g/mol. The summed E-state index contributed by atoms with van der Waals surface area (Å²) in [5.74, 6) is -3.59. The lowest BCUT2D eigenvalue weighted by Crippen LogP contribution is -2.31. The van der Waals surface area contributed by atoms with Gasteiger partial charge in [0.15, 0.2) is 0 Å². The second kappa shape index (κ2) is 8.78. The van der Waals surface area contributed by atoms with Crippen molar-refractivity contribution < 1.29 is 24.9 Å². The van der Waals surface area contributed by atoms with Gasteiger partial charge in [-0.15, -0.1) is 0 Å². The fourth-order valence-electron chi connectivity index (χ4n) is 1.98. The molecule has 0 aromatic heterocycles. The molecule has 6 heteroatoms. The lowest BCUT2D eigenvalue weighted by Gasteiger charge is -2.17. The van der Waals surface area contributed by atoms with E-state index in [9.17, 15) is 19.8 Å². The predicted molar refractivity (Wildman–Crippen MR) is 91.5 cm³/mol. The van der Waals surface area contributed by atoms with Crippen LogP contribution >= 0.6 is 11.6 Å². The van der Waals surface area contributed by atoms with E-state index in [4.69, 9.17) is 16.7 Å². The van der Waals surface area contributed by atoms with Crippen molar-refractivity contribution in [1.29, 1.82) is 0 Å². The number of benzene rings is 1. The number of hydrogen-bond donors (Lipinski definition) is 3. The van der Waals surface area contributed by atoms with Crippen LogP contribution < -0.4 is 0 Å². The number of carbonyl (C=O) groups excluding carboxylic acids is 1. The lowest BCUT2D eigenvalue weighted by molar-refractivity contribution is -0.178. The quantitative estimate of drug-likeness (QED) is 0.289. The maximum Gasteiger partial charge on any atom is 0.330 e. The van der Waals surface area contributed by atoms with E-state index in [0.29, 0.717) is 18.4 Å². The Labute approximate surface area is 145 Å². The Morgan fingerprint density at radius 3 is 2.21 bits per heavy atom. The summed E-state index contributed by atoms with van der Waals surface area (Å²) in [5, 5.41) is 26.6. The molecule has 0 aliphatic carbocycles. The molecule has 0 fully saturated rings. The van der Waals surface area contributed by atoms with Gasteiger partial charge in [0.05, 0.1) is 0 Å². The zero-order valence-corrected chi connectivity index (χ0v) is 14.4. The predicted octanol–water partition coefficient (Wildman–Crippen LogP) is 2.89. The van der Waals surface area contributed by atoms with Gasteiger partial charge in [-0.1, -0.05) is 42.0 Å². The van der Waals surface area contributed by atoms with Crippen molar-refractivity contribution in [2.45, 2.75) is 38.9 Å². The average molecular weight is 353 g/mol. The number of allylic oxidation sites excluding steroid dienone is 3. The Bertz CT molecular complexity index is 656. The molecule has 5 nitrogen and oxygen atoms in total. The van der Waals surface area contributed by atoms with E-state index < -0.39 is 17.0 Å². The summed E-state index contributed by atoms with van der Waals surface area (Å²) < 4.78 is 0. The SMILES string of the molecule is C/C(=C\Cc1ccc(C(O)(O)C(=O)Cl)cc1)CC/C=C(\C)C(=O)O. The topological polar surface area (TPSA) is 94.8 Å². The van der Waals surface area contributed by atoms with Gasteiger partial charge in [-0.05, 0) is 50.3 Å². The molecule has 0 aliphatic rings. The zero-order chi connectivity index (χ0) is 18.3. The first-order valence-corrected chi connectivity index (χ1v) is 7.82. The Morgan fingerprint density at radius 1 is 1.12 bits per heavy atom. The Balaban J connectivity index is 2.62. The molecule has 0 unspecified atom stereocenters. The summed E-state index contributed by atoms with van der Waals surface area (Å²) in [6.45, 7) is 3.54. The molecule has 0 aliphatic heterocycles. The molecule has 0 amide bonds. The third kappa shape index (κ3) is 5.92. The summed E-state index contributed by atoms with van der Waals surface area (Å²) in [7, 11) is 0. The van der Waals surface area contributed by atoms with Gasteiger partial charge in [0.1, 0.15) is 0 Å². The van der Waals surface area contributed by atoms with Gasteiger partial charge < -0.3 is 15.3 Å². The van der Waals surface area contributed by atoms with Crippen LogP contribution in [0.3, 0.4) is 0 Å². The minimum absolute atomic E-state index is 0.0150. The van der Waals surface area contributed by atoms with Crippen LogP contribution in [0.15, 0.2) is 47.6 Å². The Morgan fingerprint density at radius 2 is 1.71 bits per heavy atom. The minimum Gasteiger partial charge on any atom is -0.478 e. The number of carboxylic acids is 1. The monoisotopic (exact) mass is 352 g/mol. The molecule has 130 valence electrons. The third-order valence-electron chi connectivity index (χ3n) is 3.64. The highest BCUT2D eigenvalue weighted by atomic mass is 35.5. The van der Waals surface area contributed by atoms with Crippen molar-refractivity contribution in [3.63, 3.8) is 0 Å². The van der Waals surface area contributed by atoms with E-state index in [-0.39, 0.29) is 5.56 Å². The van der Waals surface area contributed by atoms with Crippen LogP contribution in [-0.4, -0.2) is 26.5 Å². The van der Waals surface area contributed by atoms with Crippen LogP contribution in [0.1, 0.15) is 37.8 Å². The summed E-state index contributed by atoms with van der Waals surface area (Å²) >= 11 is 5.15. The van der Waals surface area contributed by atoms with E-state index in [1.54, 1.807) is 25.1 Å². The molecule has 1 aromatic rings. The van der Waals surface area contributed by atoms with E-state index >= 15 is 0 Å². The fourth-order valence-corrected chi connectivity index (χ4v) is 2.09. The molecule has 3 N–H and O–H groups in total. The standard InChI is InChI=1S/C18H21ClO5/c1-12(4-3-5-13(2)16(20)21)6-7-14-8-10-15(11-9-14)18(23,24)17(19)22/h5-6,8-11,23-24H,3-4,7H2,1-2H3,(H,20,21)/b12-6+,13-5+. The van der Waals surface area contributed by atoms with Crippen molar-refractivity contribution in [1.82, 2.24) is 0 Å². The molecule has 1 rings (SSSR count). The summed E-state index contributed by atoms with van der Waals surface area (Å²) in [6, 6.07) is 6.26. The van der Waals surface area contributed by atoms with Crippen molar-refractivity contribution in [2.75, 3.05) is 0 Å². The Hall–Kier alpha value is -1.95. The maximum absolute atomic E-state index is 11.0. The molecule has 0 spiro atoms. The second-order valence-electron chi connectivity index (χ2n) is 5.63. The van der Waals surface area contributed by atoms with E-state index in [1.807, 2.05) is 13.0 Å². The van der Waals surface area contributed by atoms with Crippen molar-refractivity contribution >= 4 is 22.8 Å². The molecule has 0 heterocycles. The molecule has 1 aromatic carbocycles. The van der Waals surface area contributed by atoms with Crippen molar-refractivity contribution in [2.24, 2.45) is 0 Å². The number of hydrogen-bond acceptors (Lipinski definition) is 4. The fraction of sp³-hybridized carbons (Fsp3) is 0.333. The molecule has 0 saturated heterocycles. The summed E-state index contributed by atoms with van der Waals surface area (Å²) in [6.07, 6.45) is 5.79. The van der Waals surface area contributed by atoms with Crippen LogP contribution in [0, 0.1) is 0 Å². The number of aliphatic hydroxyl groups is 2. The third-order valence-corrected chi connectivity index (χ3v) is 3.91. The van der Waals surface area contributed by atoms with E-state index in [2.05, 4.69) is 0 Å². The summed E-state index contributed by atoms with van der Waals surface area (Å²) in [5.41, 5.74) is 2.42. The maximum atomic E-state index is 11.0. The van der Waals surface area contributed by atoms with Crippen LogP contribution in [0.2, 0.25) is 0 Å². The van der Waals surface area contributed by atoms with Crippen LogP contribution in [-0.2, 0) is 21.8 Å². The van der Waals surface area contributed by atoms with Crippen LogP contribution in [0.25, 0.3) is 0 Å². The largest absolute Gasteiger partial charge is 0.478 e. The molecule has 0 bridgehead atoms. The van der Waals surface area contributed by atoms with Gasteiger partial charge in [-0.25, -0.2) is 4.79 Å². The zero-order valence-electron chi connectivity index (χ0n) is 13.6. The summed E-state index contributed by atoms with van der Waals surface area (Å²) in [4.78, 5) is 21.6. The van der Waals surface area contributed by atoms with Gasteiger partial charge in [-0.2, -0.15) is 0 Å². The number of carboxylic acid groups (broad SMARTS) is 1. The highest BCUT2D eigenvalue weighted by Crippen LogP contribution is 2.21. The van der Waals surface area contributed by atoms with Gasteiger partial charge in [0.25, 0.3) is 11.0 Å². The normalized spacial score (nSPS) is 13.0. The minimum atomic E-state index is -2.68. The van der Waals surface area contributed by atoms with Crippen molar-refractivity contribution in [3.8, 4) is 0 Å². The van der Waals surface area contributed by atoms with E-state index in [0.717, 1.165) is 17.6 Å². The van der Waals surface area contributed by atoms with Gasteiger partial charge in [0, 0.05) is 11.1 Å². The van der Waals surface area contributed by atoms with Gasteiger partial charge in [-0.3, -0.25) is 4.79 Å². The van der Waals surface area contributed by atoms with Crippen LogP contribution in [0.4, 0.5) is 0 Å². The van der Waals surface area contributed by atoms with Gasteiger partial charge in [0.2, 0.25) is 0 Å². The molecule has 0 saturated carbocycles. The van der Waals surface area contributed by atoms with Crippen LogP contribution in [0.5, 0.6) is 0 Å². The Kier molecular flexibility index (Phi) is 7.35. The molecule has 24 heavy (non-hydrogen) atoms. The lowest BCUT2D eigenvalue weighted by atomic mass is 10.0. The highest BCUT2D eigenvalue weighted by molar-refractivity contribution is 6.65. The first-order valence-electron chi connectivity index (χ1n) is 7.44.